The second-order valence-corrected chi connectivity index (χ2v) is 8.64. The summed E-state index contributed by atoms with van der Waals surface area (Å²) in [5, 5.41) is 0.599. The van der Waals surface area contributed by atoms with Crippen molar-refractivity contribution in [1.82, 2.24) is 4.98 Å². The number of fused-ring (bicyclic) bond motifs is 3. The molecule has 2 aromatic rings. The van der Waals surface area contributed by atoms with Crippen LogP contribution in [0.25, 0.3) is 10.9 Å². The summed E-state index contributed by atoms with van der Waals surface area (Å²) >= 11 is 0. The van der Waals surface area contributed by atoms with Gasteiger partial charge in [0.15, 0.2) is 0 Å². The number of rotatable bonds is 2. The fourth-order valence-electron chi connectivity index (χ4n) is 4.03. The van der Waals surface area contributed by atoms with Crippen molar-refractivity contribution in [2.75, 3.05) is 7.11 Å². The van der Waals surface area contributed by atoms with Gasteiger partial charge in [0, 0.05) is 10.9 Å². The van der Waals surface area contributed by atoms with Crippen LogP contribution in [0.4, 0.5) is 13.2 Å². The number of carbonyl (C=O) groups excluding carboxylic acids is 1. The minimum absolute atomic E-state index is 0.160. The molecule has 0 aliphatic carbocycles. The third-order valence-corrected chi connectivity index (χ3v) is 7.08. The van der Waals surface area contributed by atoms with Gasteiger partial charge in [-0.25, -0.2) is 4.98 Å². The zero-order valence-electron chi connectivity index (χ0n) is 15.4. The number of esters is 1. The Hall–Kier alpha value is -2.29. The normalized spacial score (nSPS) is 24.1. The quantitative estimate of drug-likeness (QED) is 0.555. The van der Waals surface area contributed by atoms with Crippen LogP contribution >= 0.6 is 0 Å². The topological polar surface area (TPSA) is 57.7 Å². The summed E-state index contributed by atoms with van der Waals surface area (Å²) in [5.74, 6) is 0.117. The fourth-order valence-corrected chi connectivity index (χ4v) is 5.84. The Morgan fingerprint density at radius 1 is 1.39 bits per heavy atom. The van der Waals surface area contributed by atoms with Crippen LogP contribution in [-0.2, 0) is 16.0 Å². The summed E-state index contributed by atoms with van der Waals surface area (Å²) in [5.41, 5.74) is 1.53. The van der Waals surface area contributed by atoms with Gasteiger partial charge < -0.3 is 14.2 Å². The maximum Gasteiger partial charge on any atom is 0.573 e. The lowest BCUT2D eigenvalue weighted by molar-refractivity contribution is -0.274. The van der Waals surface area contributed by atoms with Gasteiger partial charge in [0.2, 0.25) is 0 Å². The molecule has 0 bridgehead atoms. The van der Waals surface area contributed by atoms with Gasteiger partial charge in [-0.15, -0.1) is 13.2 Å². The molecule has 5 nitrogen and oxygen atoms in total. The molecule has 1 aromatic heterocycles. The maximum absolute atomic E-state index is 12.6. The average molecular weight is 409 g/mol. The van der Waals surface area contributed by atoms with Crippen LogP contribution in [0.3, 0.4) is 0 Å². The second kappa shape index (κ2) is 6.65. The van der Waals surface area contributed by atoms with E-state index in [-0.39, 0.29) is 17.3 Å². The van der Waals surface area contributed by atoms with Gasteiger partial charge in [0.05, 0.1) is 33.4 Å². The molecule has 1 aromatic carbocycles. The SMILES string of the molecule is COC(=O)[C@@H]1CC2(CCc3c(c(C)nc4ccc(OC(F)(F)F)cc34)O2)C[Si]1. The molecule has 1 spiro atoms. The lowest BCUT2D eigenvalue weighted by Gasteiger charge is -2.37. The largest absolute Gasteiger partial charge is 0.573 e. The standard InChI is InChI=1S/C19H18F3NO4Si/c1-10-16-12(5-6-18(27-16)8-15(28-9-18)17(24)25-2)13-7-11(26-19(20,21)22)3-4-14(13)23-10/h3-4,7,15H,5-6,8-9H2,1-2H3/t15-,18?/m0/s1. The van der Waals surface area contributed by atoms with E-state index in [4.69, 9.17) is 9.47 Å². The minimum atomic E-state index is -4.75. The molecule has 2 atom stereocenters. The number of nitrogens with zero attached hydrogens (tertiary/aromatic N) is 1. The number of pyridine rings is 1. The van der Waals surface area contributed by atoms with Crippen molar-refractivity contribution >= 4 is 26.4 Å². The Balaban J connectivity index is 1.69. The number of hydrogen-bond donors (Lipinski definition) is 0. The first-order chi connectivity index (χ1) is 13.2. The summed E-state index contributed by atoms with van der Waals surface area (Å²) in [6.07, 6.45) is -2.82. The number of ether oxygens (including phenoxy) is 3. The van der Waals surface area contributed by atoms with Crippen molar-refractivity contribution in [1.29, 1.82) is 0 Å². The Bertz CT molecular complexity index is 949. The van der Waals surface area contributed by atoms with E-state index < -0.39 is 12.0 Å². The molecular weight excluding hydrogens is 391 g/mol. The molecule has 4 rings (SSSR count). The van der Waals surface area contributed by atoms with Crippen LogP contribution in [0.15, 0.2) is 18.2 Å². The average Bonchev–Trinajstić information content (AvgIpc) is 3.04. The van der Waals surface area contributed by atoms with Crippen molar-refractivity contribution in [3.05, 3.63) is 29.5 Å². The summed E-state index contributed by atoms with van der Waals surface area (Å²) in [6.45, 7) is 1.83. The van der Waals surface area contributed by atoms with Crippen molar-refractivity contribution in [2.24, 2.45) is 0 Å². The number of aromatic nitrogens is 1. The molecule has 3 heterocycles. The summed E-state index contributed by atoms with van der Waals surface area (Å²) in [6, 6.07) is 4.92. The summed E-state index contributed by atoms with van der Waals surface area (Å²) in [7, 11) is 1.82. The first-order valence-corrected chi connectivity index (χ1v) is 10.2. The van der Waals surface area contributed by atoms with Gasteiger partial charge >= 0.3 is 12.3 Å². The molecule has 1 unspecified atom stereocenters. The van der Waals surface area contributed by atoms with Gasteiger partial charge in [0.1, 0.15) is 17.1 Å². The third-order valence-electron chi connectivity index (χ3n) is 5.30. The van der Waals surface area contributed by atoms with E-state index in [1.54, 1.807) is 0 Å². The lowest BCUT2D eigenvalue weighted by Crippen LogP contribution is -2.37. The summed E-state index contributed by atoms with van der Waals surface area (Å²) < 4.78 is 53.0. The Morgan fingerprint density at radius 2 is 2.18 bits per heavy atom. The van der Waals surface area contributed by atoms with Crippen LogP contribution in [0.5, 0.6) is 11.5 Å². The number of aryl methyl sites for hydroxylation is 2. The molecule has 2 aliphatic heterocycles. The van der Waals surface area contributed by atoms with Gasteiger partial charge in [-0.3, -0.25) is 4.79 Å². The first kappa shape index (κ1) is 19.0. The molecule has 148 valence electrons. The molecule has 1 saturated heterocycles. The third kappa shape index (κ3) is 3.43. The number of alkyl halides is 3. The van der Waals surface area contributed by atoms with Crippen LogP contribution < -0.4 is 9.47 Å². The van der Waals surface area contributed by atoms with E-state index in [2.05, 4.69) is 9.72 Å². The highest BCUT2D eigenvalue weighted by molar-refractivity contribution is 6.45. The molecule has 2 aliphatic rings. The predicted octanol–water partition coefficient (Wildman–Crippen LogP) is 3.99. The zero-order valence-corrected chi connectivity index (χ0v) is 16.4. The smallest absolute Gasteiger partial charge is 0.485 e. The number of methoxy groups -OCH3 is 1. The molecular formula is C19H18F3NO4Si. The predicted molar refractivity (Wildman–Crippen MR) is 95.8 cm³/mol. The lowest BCUT2D eigenvalue weighted by atomic mass is 9.87. The molecule has 0 amide bonds. The number of benzene rings is 1. The highest BCUT2D eigenvalue weighted by atomic mass is 28.2. The molecule has 1 fully saturated rings. The van der Waals surface area contributed by atoms with Crippen LogP contribution in [-0.4, -0.2) is 39.5 Å². The minimum Gasteiger partial charge on any atom is -0.485 e. The Labute approximate surface area is 162 Å². The molecule has 0 saturated carbocycles. The molecule has 9 heteroatoms. The van der Waals surface area contributed by atoms with Gasteiger partial charge in [-0.1, -0.05) is 0 Å². The van der Waals surface area contributed by atoms with E-state index in [0.717, 1.165) is 11.6 Å². The van der Waals surface area contributed by atoms with E-state index in [1.807, 2.05) is 6.92 Å². The van der Waals surface area contributed by atoms with Gasteiger partial charge in [0.25, 0.3) is 0 Å². The number of halogens is 3. The van der Waals surface area contributed by atoms with Gasteiger partial charge in [-0.05, 0) is 50.4 Å². The van der Waals surface area contributed by atoms with Crippen molar-refractivity contribution < 1.29 is 32.2 Å². The zero-order chi connectivity index (χ0) is 20.1. The van der Waals surface area contributed by atoms with Crippen LogP contribution in [0.2, 0.25) is 11.6 Å². The Morgan fingerprint density at radius 3 is 2.89 bits per heavy atom. The van der Waals surface area contributed by atoms with E-state index in [9.17, 15) is 18.0 Å². The fraction of sp³-hybridized carbons (Fsp3) is 0.474. The maximum atomic E-state index is 12.6. The Kier molecular flexibility index (Phi) is 4.52. The van der Waals surface area contributed by atoms with Crippen LogP contribution in [0, 0.1) is 6.92 Å². The van der Waals surface area contributed by atoms with E-state index >= 15 is 0 Å². The van der Waals surface area contributed by atoms with E-state index in [0.29, 0.717) is 51.1 Å². The van der Waals surface area contributed by atoms with Gasteiger partial charge in [-0.2, -0.15) is 0 Å². The van der Waals surface area contributed by atoms with Crippen molar-refractivity contribution in [3.8, 4) is 11.5 Å². The first-order valence-electron chi connectivity index (χ1n) is 8.89. The summed E-state index contributed by atoms with van der Waals surface area (Å²) in [4.78, 5) is 16.4. The molecule has 0 N–H and O–H groups in total. The highest BCUT2D eigenvalue weighted by Crippen LogP contribution is 2.47. The van der Waals surface area contributed by atoms with E-state index in [1.165, 1.54) is 25.3 Å². The molecule has 28 heavy (non-hydrogen) atoms. The number of carbonyl (C=O) groups is 1. The highest BCUT2D eigenvalue weighted by Gasteiger charge is 2.47. The van der Waals surface area contributed by atoms with Crippen molar-refractivity contribution in [3.63, 3.8) is 0 Å². The molecule has 2 radical (unpaired) electrons. The van der Waals surface area contributed by atoms with Crippen LogP contribution in [0.1, 0.15) is 24.1 Å². The van der Waals surface area contributed by atoms with Crippen molar-refractivity contribution in [2.45, 2.75) is 49.7 Å². The second-order valence-electron chi connectivity index (χ2n) is 7.18. The monoisotopic (exact) mass is 409 g/mol. The number of hydrogen-bond acceptors (Lipinski definition) is 5.